The van der Waals surface area contributed by atoms with Gasteiger partial charge in [-0.2, -0.15) is 0 Å². The van der Waals surface area contributed by atoms with Crippen molar-refractivity contribution in [2.75, 3.05) is 26.3 Å². The van der Waals surface area contributed by atoms with Gasteiger partial charge in [0.25, 0.3) is 0 Å². The minimum Gasteiger partial charge on any atom is -0.506 e. The average molecular weight is 388 g/mol. The summed E-state index contributed by atoms with van der Waals surface area (Å²) in [6, 6.07) is 13.9. The molecule has 5 heteroatoms. The molecule has 1 fully saturated rings. The van der Waals surface area contributed by atoms with E-state index in [1.807, 2.05) is 42.5 Å². The van der Waals surface area contributed by atoms with Gasteiger partial charge in [-0.15, -0.1) is 0 Å². The lowest BCUT2D eigenvalue weighted by molar-refractivity contribution is 0.0339. The second-order valence-corrected chi connectivity index (χ2v) is 6.77. The predicted molar refractivity (Wildman–Crippen MR) is 97.1 cm³/mol. The molecule has 0 spiro atoms. The summed E-state index contributed by atoms with van der Waals surface area (Å²) in [5.41, 5.74) is 2.67. The highest BCUT2D eigenvalue weighted by Gasteiger charge is 2.18. The normalized spacial score (nSPS) is 15.9. The number of nitrogens with zero attached hydrogens (tertiary/aromatic N) is 1. The third-order valence-corrected chi connectivity index (χ3v) is 5.17. The summed E-state index contributed by atoms with van der Waals surface area (Å²) in [6.45, 7) is 3.92. The molecular formula is C19H18BrNO3. The summed E-state index contributed by atoms with van der Waals surface area (Å²) >= 11 is 3.53. The van der Waals surface area contributed by atoms with E-state index in [1.165, 1.54) is 0 Å². The number of fused-ring (bicyclic) bond motifs is 1. The van der Waals surface area contributed by atoms with Gasteiger partial charge in [-0.05, 0) is 28.1 Å². The molecule has 0 saturated carbocycles. The van der Waals surface area contributed by atoms with Gasteiger partial charge in [-0.3, -0.25) is 4.90 Å². The van der Waals surface area contributed by atoms with Crippen LogP contribution in [0.15, 0.2) is 51.4 Å². The van der Waals surface area contributed by atoms with Gasteiger partial charge in [-0.1, -0.05) is 30.3 Å². The Morgan fingerprint density at radius 3 is 2.58 bits per heavy atom. The topological polar surface area (TPSA) is 45.8 Å². The van der Waals surface area contributed by atoms with Crippen LogP contribution < -0.4 is 0 Å². The van der Waals surface area contributed by atoms with Crippen molar-refractivity contribution in [2.24, 2.45) is 0 Å². The summed E-state index contributed by atoms with van der Waals surface area (Å²) in [4.78, 5) is 2.28. The molecule has 24 heavy (non-hydrogen) atoms. The molecule has 3 aromatic rings. The fourth-order valence-electron chi connectivity index (χ4n) is 3.04. The number of hydrogen-bond donors (Lipinski definition) is 1. The van der Waals surface area contributed by atoms with Crippen LogP contribution in [0.5, 0.6) is 5.75 Å². The van der Waals surface area contributed by atoms with E-state index in [4.69, 9.17) is 9.15 Å². The SMILES string of the molecule is Oc1c(CN2CCOCC2)cc2oc(-c3ccccc3)cc2c1Br. The Hall–Kier alpha value is -1.82. The lowest BCUT2D eigenvalue weighted by Crippen LogP contribution is -2.35. The van der Waals surface area contributed by atoms with Crippen molar-refractivity contribution in [3.63, 3.8) is 0 Å². The molecule has 0 amide bonds. The standard InChI is InChI=1S/C19H18BrNO3/c20-18-15-11-16(13-4-2-1-3-5-13)24-17(15)10-14(19(18)22)12-21-6-8-23-9-7-21/h1-5,10-11,22H,6-9,12H2. The average Bonchev–Trinajstić information content (AvgIpc) is 3.05. The minimum absolute atomic E-state index is 0.286. The van der Waals surface area contributed by atoms with Crippen molar-refractivity contribution in [3.8, 4) is 17.1 Å². The van der Waals surface area contributed by atoms with E-state index in [1.54, 1.807) is 0 Å². The van der Waals surface area contributed by atoms with E-state index in [2.05, 4.69) is 20.8 Å². The summed E-state index contributed by atoms with van der Waals surface area (Å²) < 4.78 is 12.1. The highest BCUT2D eigenvalue weighted by Crippen LogP contribution is 2.40. The van der Waals surface area contributed by atoms with E-state index in [0.29, 0.717) is 11.0 Å². The summed E-state index contributed by atoms with van der Waals surface area (Å²) in [5.74, 6) is 1.09. The number of furan rings is 1. The summed E-state index contributed by atoms with van der Waals surface area (Å²) in [7, 11) is 0. The number of phenolic OH excluding ortho intramolecular Hbond substituents is 1. The fraction of sp³-hybridized carbons (Fsp3) is 0.263. The number of morpholine rings is 1. The van der Waals surface area contributed by atoms with Crippen LogP contribution in [0.4, 0.5) is 0 Å². The Morgan fingerprint density at radius 2 is 1.83 bits per heavy atom. The summed E-state index contributed by atoms with van der Waals surface area (Å²) in [5, 5.41) is 11.4. The van der Waals surface area contributed by atoms with Crippen molar-refractivity contribution in [1.29, 1.82) is 0 Å². The first kappa shape index (κ1) is 15.7. The first-order valence-electron chi connectivity index (χ1n) is 8.02. The Labute approximate surface area is 148 Å². The number of phenols is 1. The Balaban J connectivity index is 1.72. The molecule has 2 aromatic carbocycles. The van der Waals surface area contributed by atoms with E-state index < -0.39 is 0 Å². The molecule has 0 bridgehead atoms. The van der Waals surface area contributed by atoms with Crippen LogP contribution in [-0.4, -0.2) is 36.3 Å². The zero-order valence-corrected chi connectivity index (χ0v) is 14.8. The van der Waals surface area contributed by atoms with E-state index >= 15 is 0 Å². The lowest BCUT2D eigenvalue weighted by atomic mass is 10.1. The fourth-order valence-corrected chi connectivity index (χ4v) is 3.61. The monoisotopic (exact) mass is 387 g/mol. The molecule has 0 radical (unpaired) electrons. The molecule has 1 aliphatic heterocycles. The maximum absolute atomic E-state index is 10.6. The highest BCUT2D eigenvalue weighted by molar-refractivity contribution is 9.10. The number of halogens is 1. The first-order chi connectivity index (χ1) is 11.7. The third kappa shape index (κ3) is 2.95. The predicted octanol–water partition coefficient (Wildman–Crippen LogP) is 4.40. The van der Waals surface area contributed by atoms with Crippen molar-refractivity contribution in [2.45, 2.75) is 6.54 Å². The smallest absolute Gasteiger partial charge is 0.136 e. The van der Waals surface area contributed by atoms with Crippen LogP contribution in [0.2, 0.25) is 0 Å². The molecule has 4 nitrogen and oxygen atoms in total. The molecule has 124 valence electrons. The largest absolute Gasteiger partial charge is 0.506 e. The van der Waals surface area contributed by atoms with Gasteiger partial charge in [0, 0.05) is 36.1 Å². The quantitative estimate of drug-likeness (QED) is 0.723. The molecular weight excluding hydrogens is 370 g/mol. The van der Waals surface area contributed by atoms with Gasteiger partial charge in [0.15, 0.2) is 0 Å². The van der Waals surface area contributed by atoms with Gasteiger partial charge in [0.1, 0.15) is 17.1 Å². The van der Waals surface area contributed by atoms with E-state index in [0.717, 1.165) is 54.2 Å². The van der Waals surface area contributed by atoms with E-state index in [9.17, 15) is 5.11 Å². The molecule has 1 aliphatic rings. The molecule has 0 aliphatic carbocycles. The van der Waals surface area contributed by atoms with Crippen LogP contribution >= 0.6 is 15.9 Å². The Bertz CT molecular complexity index is 854. The Morgan fingerprint density at radius 1 is 1.08 bits per heavy atom. The van der Waals surface area contributed by atoms with Crippen LogP contribution in [0, 0.1) is 0 Å². The molecule has 0 unspecified atom stereocenters. The van der Waals surface area contributed by atoms with Crippen molar-refractivity contribution < 1.29 is 14.3 Å². The van der Waals surface area contributed by atoms with Gasteiger partial charge >= 0.3 is 0 Å². The highest BCUT2D eigenvalue weighted by atomic mass is 79.9. The molecule has 1 aromatic heterocycles. The first-order valence-corrected chi connectivity index (χ1v) is 8.81. The van der Waals surface area contributed by atoms with Crippen molar-refractivity contribution >= 4 is 26.9 Å². The molecule has 4 rings (SSSR count). The van der Waals surface area contributed by atoms with Crippen molar-refractivity contribution in [1.82, 2.24) is 4.90 Å². The molecule has 1 saturated heterocycles. The maximum Gasteiger partial charge on any atom is 0.136 e. The van der Waals surface area contributed by atoms with Crippen LogP contribution in [0.3, 0.4) is 0 Å². The van der Waals surface area contributed by atoms with Crippen LogP contribution in [0.25, 0.3) is 22.3 Å². The number of rotatable bonds is 3. The lowest BCUT2D eigenvalue weighted by Gasteiger charge is -2.26. The van der Waals surface area contributed by atoms with E-state index in [-0.39, 0.29) is 5.75 Å². The van der Waals surface area contributed by atoms with Crippen molar-refractivity contribution in [3.05, 3.63) is 52.5 Å². The molecule has 2 heterocycles. The minimum atomic E-state index is 0.286. The Kier molecular flexibility index (Phi) is 4.31. The van der Waals surface area contributed by atoms with Gasteiger partial charge in [-0.25, -0.2) is 0 Å². The molecule has 0 atom stereocenters. The number of aromatic hydroxyl groups is 1. The number of ether oxygens (including phenoxy) is 1. The zero-order chi connectivity index (χ0) is 16.5. The number of benzene rings is 2. The van der Waals surface area contributed by atoms with Gasteiger partial charge in [0.05, 0.1) is 17.7 Å². The van der Waals surface area contributed by atoms with Crippen LogP contribution in [0.1, 0.15) is 5.56 Å². The number of hydrogen-bond acceptors (Lipinski definition) is 4. The second kappa shape index (κ2) is 6.59. The summed E-state index contributed by atoms with van der Waals surface area (Å²) in [6.07, 6.45) is 0. The van der Waals surface area contributed by atoms with Crippen LogP contribution in [-0.2, 0) is 11.3 Å². The third-order valence-electron chi connectivity index (χ3n) is 4.37. The van der Waals surface area contributed by atoms with Gasteiger partial charge < -0.3 is 14.3 Å². The molecule has 1 N–H and O–H groups in total. The zero-order valence-electron chi connectivity index (χ0n) is 13.2. The second-order valence-electron chi connectivity index (χ2n) is 5.98. The maximum atomic E-state index is 10.6. The van der Waals surface area contributed by atoms with Gasteiger partial charge in [0.2, 0.25) is 0 Å².